The van der Waals surface area contributed by atoms with E-state index in [1.165, 1.54) is 6.07 Å². The molecule has 0 bridgehead atoms. The predicted molar refractivity (Wildman–Crippen MR) is 151 cm³/mol. The van der Waals surface area contributed by atoms with Gasteiger partial charge in [-0.25, -0.2) is 13.7 Å². The highest BCUT2D eigenvalue weighted by atomic mass is 35.5. The average Bonchev–Trinajstić information content (AvgIpc) is 2.80. The molecule has 0 fully saturated rings. The first-order chi connectivity index (χ1) is 17.3. The maximum atomic E-state index is 13.7. The normalized spacial score (nSPS) is 13.3. The third-order valence-corrected chi connectivity index (χ3v) is 7.85. The Morgan fingerprint density at radius 3 is 2.03 bits per heavy atom. The number of amides is 1. The van der Waals surface area contributed by atoms with E-state index < -0.39 is 21.6 Å². The lowest BCUT2D eigenvalue weighted by atomic mass is 9.84. The highest BCUT2D eigenvalue weighted by molar-refractivity contribution is 7.91. The molecule has 0 heterocycles. The number of nitrogens with two attached hydrogens (primary N) is 1. The second-order valence-corrected chi connectivity index (χ2v) is 12.4. The van der Waals surface area contributed by atoms with Gasteiger partial charge in [-0.05, 0) is 83.6 Å². The van der Waals surface area contributed by atoms with Crippen LogP contribution in [0.15, 0.2) is 63.9 Å². The van der Waals surface area contributed by atoms with Gasteiger partial charge in [0, 0.05) is 6.54 Å². The molecule has 0 saturated carbocycles. The van der Waals surface area contributed by atoms with Gasteiger partial charge < -0.3 is 4.90 Å². The monoisotopic (exact) mass is 543 g/mol. The van der Waals surface area contributed by atoms with Crippen LogP contribution in [0.3, 0.4) is 0 Å². The topological polar surface area (TPSA) is 75.8 Å². The molecule has 2 N–H and O–H groups in total. The smallest absolute Gasteiger partial charge is 0.259 e. The molecule has 0 aromatic heterocycles. The molecule has 1 unspecified atom stereocenters. The van der Waals surface area contributed by atoms with Gasteiger partial charge in [0.05, 0.1) is 16.3 Å². The van der Waals surface area contributed by atoms with Crippen LogP contribution in [-0.2, 0) is 27.7 Å². The summed E-state index contributed by atoms with van der Waals surface area (Å²) in [6, 6.07) is 15.7. The van der Waals surface area contributed by atoms with E-state index in [0.29, 0.717) is 4.90 Å². The van der Waals surface area contributed by atoms with E-state index in [-0.39, 0.29) is 23.3 Å². The van der Waals surface area contributed by atoms with Crippen LogP contribution < -0.4 is 5.14 Å². The fourth-order valence-electron chi connectivity index (χ4n) is 4.34. The number of rotatable bonds is 8. The van der Waals surface area contributed by atoms with Crippen LogP contribution in [0.5, 0.6) is 0 Å². The van der Waals surface area contributed by atoms with Crippen LogP contribution >= 0.6 is 11.6 Å². The molecule has 37 heavy (non-hydrogen) atoms. The zero-order valence-electron chi connectivity index (χ0n) is 22.2. The SMILES string of the molecule is CC(C)c1cc(-c2ccc(F)c(Cl)c2)cc(C(C)C)c1CC(=O)N=S(N)(=O)c1ccc(CN(C)C)cc1. The molecular weight excluding hydrogens is 509 g/mol. The third kappa shape index (κ3) is 7.26. The van der Waals surface area contributed by atoms with Crippen LogP contribution in [0.4, 0.5) is 4.39 Å². The first-order valence-electron chi connectivity index (χ1n) is 12.2. The molecule has 3 aromatic rings. The van der Waals surface area contributed by atoms with Crippen molar-refractivity contribution in [1.82, 2.24) is 4.90 Å². The predicted octanol–water partition coefficient (Wildman–Crippen LogP) is 6.92. The molecule has 0 aliphatic carbocycles. The Hall–Kier alpha value is -2.58. The highest BCUT2D eigenvalue weighted by Gasteiger charge is 2.20. The minimum atomic E-state index is -3.39. The molecule has 0 aliphatic heterocycles. The fraction of sp³-hybridized carbons (Fsp3) is 0.345. The summed E-state index contributed by atoms with van der Waals surface area (Å²) in [5.74, 6) is -0.809. The lowest BCUT2D eigenvalue weighted by Crippen LogP contribution is -2.17. The largest absolute Gasteiger partial charge is 0.305 e. The highest BCUT2D eigenvalue weighted by Crippen LogP contribution is 2.35. The number of halogens is 2. The van der Waals surface area contributed by atoms with E-state index in [0.717, 1.165) is 39.9 Å². The molecule has 0 aliphatic rings. The maximum absolute atomic E-state index is 13.7. The lowest BCUT2D eigenvalue weighted by Gasteiger charge is -2.21. The van der Waals surface area contributed by atoms with Crippen LogP contribution in [0.2, 0.25) is 5.02 Å². The molecule has 1 atom stereocenters. The third-order valence-electron chi connectivity index (χ3n) is 6.14. The quantitative estimate of drug-likeness (QED) is 0.335. The molecule has 3 rings (SSSR count). The molecular formula is C29H35ClFN3O2S. The molecule has 0 saturated heterocycles. The van der Waals surface area contributed by atoms with Crippen molar-refractivity contribution in [2.24, 2.45) is 9.50 Å². The van der Waals surface area contributed by atoms with Crippen molar-refractivity contribution in [3.05, 3.63) is 87.7 Å². The molecule has 198 valence electrons. The van der Waals surface area contributed by atoms with Gasteiger partial charge >= 0.3 is 0 Å². The van der Waals surface area contributed by atoms with Crippen molar-refractivity contribution >= 4 is 27.4 Å². The van der Waals surface area contributed by atoms with Gasteiger partial charge in [-0.3, -0.25) is 4.79 Å². The van der Waals surface area contributed by atoms with Crippen LogP contribution in [0.1, 0.15) is 61.8 Å². The van der Waals surface area contributed by atoms with Crippen molar-refractivity contribution in [2.75, 3.05) is 14.1 Å². The number of hydrogen-bond donors (Lipinski definition) is 1. The summed E-state index contributed by atoms with van der Waals surface area (Å²) in [5, 5.41) is 6.11. The lowest BCUT2D eigenvalue weighted by molar-refractivity contribution is -0.117. The first-order valence-corrected chi connectivity index (χ1v) is 14.2. The van der Waals surface area contributed by atoms with Gasteiger partial charge in [-0.15, -0.1) is 4.36 Å². The van der Waals surface area contributed by atoms with Gasteiger partial charge in [-0.2, -0.15) is 0 Å². The van der Waals surface area contributed by atoms with E-state index >= 15 is 0 Å². The van der Waals surface area contributed by atoms with Gasteiger partial charge in [0.1, 0.15) is 15.7 Å². The Balaban J connectivity index is 2.01. The number of benzene rings is 3. The van der Waals surface area contributed by atoms with Crippen LogP contribution in [-0.4, -0.2) is 29.1 Å². The summed E-state index contributed by atoms with van der Waals surface area (Å²) >= 11 is 6.04. The summed E-state index contributed by atoms with van der Waals surface area (Å²) in [4.78, 5) is 15.5. The minimum absolute atomic E-state index is 0.0155. The first kappa shape index (κ1) is 29.0. The van der Waals surface area contributed by atoms with Crippen molar-refractivity contribution in [2.45, 2.75) is 57.4 Å². The van der Waals surface area contributed by atoms with E-state index in [1.54, 1.807) is 24.3 Å². The Morgan fingerprint density at radius 1 is 0.973 bits per heavy atom. The second-order valence-electron chi connectivity index (χ2n) is 10.2. The number of carbonyl (C=O) groups excluding carboxylic acids is 1. The molecule has 3 aromatic carbocycles. The minimum Gasteiger partial charge on any atom is -0.305 e. The second kappa shape index (κ2) is 11.9. The standard InChI is InChI=1S/C29H35ClFN3O2S/c1-18(2)24-13-22(21-9-12-28(31)27(30)15-21)14-25(19(3)4)26(24)16-29(35)33-37(32,36)23-10-7-20(8-11-23)17-34(5)6/h7-15,18-19H,16-17H2,1-6H3,(H2,32,33,35,36). The van der Waals surface area contributed by atoms with E-state index in [4.69, 9.17) is 16.7 Å². The van der Waals surface area contributed by atoms with Crippen molar-refractivity contribution in [3.63, 3.8) is 0 Å². The van der Waals surface area contributed by atoms with Crippen molar-refractivity contribution < 1.29 is 13.4 Å². The number of nitrogens with zero attached hydrogens (tertiary/aromatic N) is 2. The summed E-state index contributed by atoms with van der Waals surface area (Å²) in [5.41, 5.74) is 5.53. The molecule has 0 radical (unpaired) electrons. The van der Waals surface area contributed by atoms with Crippen LogP contribution in [0, 0.1) is 5.82 Å². The maximum Gasteiger partial charge on any atom is 0.259 e. The zero-order valence-corrected chi connectivity index (χ0v) is 23.8. The van der Waals surface area contributed by atoms with E-state index in [9.17, 15) is 13.4 Å². The number of hydrogen-bond acceptors (Lipinski definition) is 3. The summed E-state index contributed by atoms with van der Waals surface area (Å²) in [6.07, 6.45) is -0.0155. The summed E-state index contributed by atoms with van der Waals surface area (Å²) in [6.45, 7) is 8.93. The summed E-state index contributed by atoms with van der Waals surface area (Å²) < 4.78 is 30.9. The van der Waals surface area contributed by atoms with Crippen molar-refractivity contribution in [3.8, 4) is 11.1 Å². The van der Waals surface area contributed by atoms with Gasteiger partial charge in [-0.1, -0.05) is 69.6 Å². The fourth-order valence-corrected chi connectivity index (χ4v) is 5.52. The Bertz CT molecular complexity index is 1380. The molecule has 1 amide bonds. The van der Waals surface area contributed by atoms with Crippen molar-refractivity contribution in [1.29, 1.82) is 0 Å². The molecule has 5 nitrogen and oxygen atoms in total. The Morgan fingerprint density at radius 2 is 1.54 bits per heavy atom. The molecule has 8 heteroatoms. The Kier molecular flexibility index (Phi) is 9.29. The van der Waals surface area contributed by atoms with Gasteiger partial charge in [0.2, 0.25) is 0 Å². The van der Waals surface area contributed by atoms with Gasteiger partial charge in [0.25, 0.3) is 5.91 Å². The van der Waals surface area contributed by atoms with E-state index in [2.05, 4.69) is 4.36 Å². The van der Waals surface area contributed by atoms with Gasteiger partial charge in [0.15, 0.2) is 0 Å². The van der Waals surface area contributed by atoms with E-state index in [1.807, 2.05) is 71.0 Å². The zero-order chi connectivity index (χ0) is 27.5. The number of carbonyl (C=O) groups is 1. The summed E-state index contributed by atoms with van der Waals surface area (Å²) in [7, 11) is 0.540. The average molecular weight is 544 g/mol. The molecule has 0 spiro atoms. The Labute approximate surface area is 225 Å². The van der Waals surface area contributed by atoms with Crippen LogP contribution in [0.25, 0.3) is 11.1 Å².